The molecule has 4 unspecified atom stereocenters. The zero-order valence-corrected chi connectivity index (χ0v) is 82.2. The number of benzene rings is 5. The first-order valence-corrected chi connectivity index (χ1v) is 47.9. The van der Waals surface area contributed by atoms with Crippen LogP contribution in [0.3, 0.4) is 0 Å². The van der Waals surface area contributed by atoms with Crippen LogP contribution in [0.1, 0.15) is 85.5 Å². The molecular weight excluding hydrogens is 1810 g/mol. The topological polar surface area (TPSA) is 371 Å². The van der Waals surface area contributed by atoms with Gasteiger partial charge in [-0.05, 0) is 158 Å². The first-order chi connectivity index (χ1) is 69.0. The summed E-state index contributed by atoms with van der Waals surface area (Å²) < 4.78 is 83.6. The number of terminal acetylenes is 1. The molecule has 34 heteroatoms. The molecule has 9 heterocycles. The van der Waals surface area contributed by atoms with Crippen LogP contribution >= 0.6 is 0 Å². The minimum atomic E-state index is -4.53. The Morgan fingerprint density at radius 2 is 1.01 bits per heavy atom. The molecule has 1 saturated carbocycles. The molecular formula is C108H128F3N19O12. The molecule has 16 rings (SSSR count). The van der Waals surface area contributed by atoms with Crippen LogP contribution in [0, 0.1) is 32.1 Å². The minimum absolute atomic E-state index is 0.0997. The number of allylic oxidation sites excluding steroid dienone is 1. The maximum Gasteiger partial charge on any atom is 0.433 e. The maximum atomic E-state index is 12.9. The predicted octanol–water partition coefficient (Wildman–Crippen LogP) is 14.9. The van der Waals surface area contributed by atoms with Gasteiger partial charge in [0.1, 0.15) is 103 Å². The van der Waals surface area contributed by atoms with Gasteiger partial charge in [-0.1, -0.05) is 116 Å². The number of nitrogens with one attached hydrogen (secondary N) is 4. The number of aliphatic hydroxyl groups excluding tert-OH is 4. The van der Waals surface area contributed by atoms with Crippen molar-refractivity contribution in [3.63, 3.8) is 0 Å². The van der Waals surface area contributed by atoms with Gasteiger partial charge in [-0.3, -0.25) is 15.0 Å². The van der Waals surface area contributed by atoms with Gasteiger partial charge in [-0.2, -0.15) is 13.2 Å². The smallest absolute Gasteiger partial charge is 0.433 e. The van der Waals surface area contributed by atoms with Crippen LogP contribution in [0.25, 0.3) is 108 Å². The number of hydrogen-bond donors (Lipinski definition) is 8. The first kappa shape index (κ1) is 106. The summed E-state index contributed by atoms with van der Waals surface area (Å²) in [6, 6.07) is 53.0. The van der Waals surface area contributed by atoms with E-state index in [1.54, 1.807) is 65.7 Å². The van der Waals surface area contributed by atoms with Crippen LogP contribution in [0.4, 0.5) is 30.6 Å². The Morgan fingerprint density at radius 3 is 1.52 bits per heavy atom. The van der Waals surface area contributed by atoms with Crippen LogP contribution in [-0.4, -0.2) is 266 Å². The van der Waals surface area contributed by atoms with Gasteiger partial charge in [0.15, 0.2) is 23.3 Å². The van der Waals surface area contributed by atoms with Crippen molar-refractivity contribution in [2.24, 2.45) is 5.92 Å². The zero-order valence-electron chi connectivity index (χ0n) is 82.2. The average Bonchev–Trinajstić information content (AvgIpc) is 1.08. The molecule has 8 N–H and O–H groups in total. The normalized spacial score (nSPS) is 13.9. The first-order valence-electron chi connectivity index (χ1n) is 47.9. The summed E-state index contributed by atoms with van der Waals surface area (Å²) in [6.07, 6.45) is 18.3. The summed E-state index contributed by atoms with van der Waals surface area (Å²) in [6.45, 7) is 10.7. The molecule has 1 aliphatic heterocycles. The van der Waals surface area contributed by atoms with Crippen LogP contribution in [0.2, 0.25) is 0 Å². The Hall–Kier alpha value is -13.4. The zero-order chi connectivity index (χ0) is 100. The highest BCUT2D eigenvalue weighted by atomic mass is 19.4. The lowest BCUT2D eigenvalue weighted by Gasteiger charge is -2.32. The summed E-state index contributed by atoms with van der Waals surface area (Å²) in [4.78, 5) is 57.9. The predicted molar refractivity (Wildman–Crippen MR) is 547 cm³/mol. The molecule has 2 aliphatic carbocycles. The van der Waals surface area contributed by atoms with Gasteiger partial charge in [0.2, 0.25) is 0 Å². The number of rotatable bonds is 42. The van der Waals surface area contributed by atoms with E-state index in [0.717, 1.165) is 147 Å². The van der Waals surface area contributed by atoms with Crippen LogP contribution in [0.15, 0.2) is 199 Å². The molecule has 0 bridgehead atoms. The van der Waals surface area contributed by atoms with Crippen molar-refractivity contribution in [1.29, 1.82) is 0 Å². The lowest BCUT2D eigenvalue weighted by atomic mass is 9.86. The van der Waals surface area contributed by atoms with E-state index in [1.165, 1.54) is 38.2 Å². The van der Waals surface area contributed by atoms with E-state index in [0.29, 0.717) is 152 Å². The van der Waals surface area contributed by atoms with E-state index in [4.69, 9.17) is 74.0 Å². The highest BCUT2D eigenvalue weighted by Crippen LogP contribution is 2.39. The third-order valence-corrected chi connectivity index (χ3v) is 24.0. The number of aryl methyl sites for hydroxylation is 2. The molecule has 8 aromatic heterocycles. The number of pyridine rings is 3. The molecule has 2 fully saturated rings. The van der Waals surface area contributed by atoms with E-state index >= 15 is 0 Å². The van der Waals surface area contributed by atoms with Crippen molar-refractivity contribution in [2.75, 3.05) is 170 Å². The minimum Gasteiger partial charge on any atom is -0.491 e. The van der Waals surface area contributed by atoms with E-state index in [9.17, 15) is 33.6 Å². The van der Waals surface area contributed by atoms with Gasteiger partial charge >= 0.3 is 6.18 Å². The standard InChI is InChI=1S/C30H34N4O2.C28H33N5O3.C25H26F3N5O2.C25H35N5O5/c1-31-19-24(35)20-36-25-11-5-10-22(17-25)30-33-23(16-21-8-3-2-4-9-21)18-29(34-30)27-12-6-14-28-26(27)13-7-15-32-28;1-29-17-23(34)18-36-24-7-3-6-20(14-24)28-31-26(21-13-19-5-4-8-25(19)30-16-21)15-27(32-28)33(2)22-9-11-35-12-10-22;1-4-5-11-33(3)23-13-21(18-9-10-22(30-14-18)25(26,27)28)31-24(32-23)17-7-6-8-20(12-17)35-16-19(34)15-29-2;1-17-24(18(2)35-29-17)22-14-23(30(9-11-32-4)10-12-33-5)28-25(27-22)19-7-6-8-21(13-19)34-16-20(31)15-26-3/h5-7,10-15,17-18,21,24,31,35H,2-4,8-9,16,19-20H2,1H3;3-7,13-16,22-23,29,34H,8-12,17-18H2,1-2H3;1,6-10,12-14,19,29,34H,5,11,15-16H2,2-3H3;6-8,13-14,20,26,31H,9-12,15-16H2,1-5H3. The number of methoxy groups -OCH3 is 2. The lowest BCUT2D eigenvalue weighted by Crippen LogP contribution is -2.37. The quantitative estimate of drug-likeness (QED) is 0.0165. The van der Waals surface area contributed by atoms with E-state index in [1.807, 2.05) is 142 Å². The summed E-state index contributed by atoms with van der Waals surface area (Å²) in [7, 11) is 14.4. The van der Waals surface area contributed by atoms with Crippen LogP contribution < -0.4 is 54.9 Å². The monoisotopic (exact) mass is 1940 g/mol. The molecule has 1 saturated heterocycles. The Labute approximate surface area is 827 Å². The fourth-order valence-electron chi connectivity index (χ4n) is 16.6. The molecule has 5 aromatic carbocycles. The molecule has 3 aliphatic rings. The highest BCUT2D eigenvalue weighted by molar-refractivity contribution is 5.94. The summed E-state index contributed by atoms with van der Waals surface area (Å²) >= 11 is 0. The van der Waals surface area contributed by atoms with Gasteiger partial charge in [0.05, 0.1) is 58.5 Å². The lowest BCUT2D eigenvalue weighted by molar-refractivity contribution is -0.141. The van der Waals surface area contributed by atoms with Crippen molar-refractivity contribution in [1.82, 2.24) is 81.2 Å². The molecule has 142 heavy (non-hydrogen) atoms. The Bertz CT molecular complexity index is 6230. The van der Waals surface area contributed by atoms with E-state index < -0.39 is 36.3 Å². The fraction of sp³-hybridized carbons (Fsp3) is 0.389. The van der Waals surface area contributed by atoms with Crippen LogP contribution in [-0.2, 0) is 33.2 Å². The Kier molecular flexibility index (Phi) is 39.9. The fourth-order valence-corrected chi connectivity index (χ4v) is 16.6. The molecule has 4 atom stereocenters. The van der Waals surface area contributed by atoms with Gasteiger partial charge < -0.3 is 94.1 Å². The number of aromatic nitrogens is 12. The number of likely N-dealkylation sites (N-methyl/N-ethyl adjacent to an activating group) is 4. The molecule has 31 nitrogen and oxygen atoms in total. The highest BCUT2D eigenvalue weighted by Gasteiger charge is 2.33. The number of halogens is 3. The summed E-state index contributed by atoms with van der Waals surface area (Å²) in [5.41, 5.74) is 13.4. The second kappa shape index (κ2) is 53.4. The number of hydrogen-bond acceptors (Lipinski definition) is 31. The Morgan fingerprint density at radius 1 is 0.507 bits per heavy atom. The number of nitrogens with zero attached hydrogens (tertiary/aromatic N) is 15. The Balaban J connectivity index is 0.000000159. The second-order valence-electron chi connectivity index (χ2n) is 35.0. The van der Waals surface area contributed by atoms with Crippen molar-refractivity contribution in [2.45, 2.75) is 115 Å². The second-order valence-corrected chi connectivity index (χ2v) is 35.0. The van der Waals surface area contributed by atoms with Gasteiger partial charge in [0.25, 0.3) is 0 Å². The van der Waals surface area contributed by atoms with Gasteiger partial charge in [-0.25, -0.2) is 39.9 Å². The summed E-state index contributed by atoms with van der Waals surface area (Å²) in [5, 5.41) is 56.8. The van der Waals surface area contributed by atoms with E-state index in [-0.39, 0.29) is 26.4 Å². The molecule has 0 amide bonds. The van der Waals surface area contributed by atoms with Gasteiger partial charge in [0, 0.05) is 193 Å². The maximum absolute atomic E-state index is 12.9. The van der Waals surface area contributed by atoms with Crippen molar-refractivity contribution in [3.05, 3.63) is 229 Å². The van der Waals surface area contributed by atoms with Gasteiger partial charge in [-0.15, -0.1) is 12.3 Å². The largest absolute Gasteiger partial charge is 0.491 e. The number of anilines is 3. The number of aliphatic hydroxyl groups is 4. The molecule has 748 valence electrons. The van der Waals surface area contributed by atoms with Crippen molar-refractivity contribution in [3.8, 4) is 126 Å². The van der Waals surface area contributed by atoms with Crippen molar-refractivity contribution >= 4 is 34.4 Å². The number of alkyl halides is 3. The average molecular weight is 1940 g/mol. The van der Waals surface area contributed by atoms with E-state index in [2.05, 4.69) is 117 Å². The number of fused-ring (bicyclic) bond motifs is 2. The van der Waals surface area contributed by atoms with Crippen LogP contribution in [0.5, 0.6) is 23.0 Å². The number of ether oxygens (including phenoxy) is 7. The van der Waals surface area contributed by atoms with Crippen molar-refractivity contribution < 1.29 is 71.3 Å². The molecule has 0 radical (unpaired) electrons. The molecule has 13 aromatic rings. The molecule has 0 spiro atoms. The summed E-state index contributed by atoms with van der Waals surface area (Å²) in [5.74, 6) is 10.8. The third-order valence-electron chi connectivity index (χ3n) is 24.0. The third kappa shape index (κ3) is 30.6. The SMILES string of the molecule is C#CCCN(C)c1cc(-c2ccc(C(F)(F)F)nc2)nc(-c2cccc(OCC(O)CNC)c2)n1.CNCC(O)COc1cccc(-c2nc(-c3c(C)noc3C)cc(N(CCOC)CCOC)n2)c1.CNCC(O)COc1cccc(-c2nc(-c3cnc4c(c3)C=CC4)cc(N(C)C3CCOCC3)n2)c1.CNCC(O)COc1cccc(-c2nc(CC3CCCCC3)cc(-c3cccc4ncccc34)n2)c1.